The zero-order chi connectivity index (χ0) is 16.9. The Morgan fingerprint density at radius 3 is 3.04 bits per heavy atom. The number of hydrogen-bond donors (Lipinski definition) is 2. The zero-order valence-corrected chi connectivity index (χ0v) is 14.6. The maximum absolute atomic E-state index is 13.3. The van der Waals surface area contributed by atoms with E-state index < -0.39 is 9.84 Å². The Morgan fingerprint density at radius 1 is 1.42 bits per heavy atom. The molecule has 0 amide bonds. The Hall–Kier alpha value is -1.94. The summed E-state index contributed by atoms with van der Waals surface area (Å²) < 4.78 is 28.0. The van der Waals surface area contributed by atoms with Crippen molar-refractivity contribution in [2.75, 3.05) is 6.54 Å². The quantitative estimate of drug-likeness (QED) is 0.564. The number of thiazole rings is 1. The zero-order valence-electron chi connectivity index (χ0n) is 12.2. The first-order valence-electron chi connectivity index (χ1n) is 7.06. The molecule has 124 valence electrons. The van der Waals surface area contributed by atoms with Gasteiger partial charge in [-0.1, -0.05) is 11.6 Å². The lowest BCUT2D eigenvalue weighted by Crippen LogP contribution is -2.11. The molecule has 0 saturated carbocycles. The van der Waals surface area contributed by atoms with E-state index in [2.05, 4.69) is 15.0 Å². The van der Waals surface area contributed by atoms with Gasteiger partial charge in [-0.15, -0.1) is 11.3 Å². The van der Waals surface area contributed by atoms with Crippen molar-refractivity contribution in [3.05, 3.63) is 40.6 Å². The fourth-order valence-corrected chi connectivity index (χ4v) is 5.68. The third-order valence-corrected chi connectivity index (χ3v) is 6.65. The van der Waals surface area contributed by atoms with Crippen molar-refractivity contribution >= 4 is 48.8 Å². The van der Waals surface area contributed by atoms with Crippen LogP contribution in [0, 0.1) is 0 Å². The van der Waals surface area contributed by atoms with Crippen molar-refractivity contribution in [1.82, 2.24) is 19.4 Å². The normalized spacial score (nSPS) is 12.4. The number of nitrogens with one attached hydrogen (secondary N) is 1. The van der Waals surface area contributed by atoms with Crippen LogP contribution < -0.4 is 5.73 Å². The Kier molecular flexibility index (Phi) is 3.61. The third-order valence-electron chi connectivity index (χ3n) is 3.74. The van der Waals surface area contributed by atoms with Crippen LogP contribution in [0.3, 0.4) is 0 Å². The van der Waals surface area contributed by atoms with Gasteiger partial charge in [0, 0.05) is 28.7 Å². The minimum Gasteiger partial charge on any atom is -0.330 e. The summed E-state index contributed by atoms with van der Waals surface area (Å²) in [5.74, 6) is 0. The van der Waals surface area contributed by atoms with Gasteiger partial charge in [0.1, 0.15) is 10.7 Å². The highest BCUT2D eigenvalue weighted by atomic mass is 35.5. The predicted molar refractivity (Wildman–Crippen MR) is 92.4 cm³/mol. The van der Waals surface area contributed by atoms with Gasteiger partial charge >= 0.3 is 0 Å². The Morgan fingerprint density at radius 2 is 2.25 bits per heavy atom. The molecule has 7 nitrogen and oxygen atoms in total. The highest BCUT2D eigenvalue weighted by molar-refractivity contribution is 7.91. The molecule has 0 aromatic carbocycles. The summed E-state index contributed by atoms with van der Waals surface area (Å²) in [5, 5.41) is 2.46. The fourth-order valence-electron chi connectivity index (χ4n) is 2.75. The van der Waals surface area contributed by atoms with E-state index in [1.54, 1.807) is 23.8 Å². The summed E-state index contributed by atoms with van der Waals surface area (Å²) in [6, 6.07) is 3.58. The smallest absolute Gasteiger partial charge is 0.241 e. The number of H-pyrrole nitrogens is 1. The van der Waals surface area contributed by atoms with E-state index in [4.69, 9.17) is 17.3 Å². The molecule has 0 bridgehead atoms. The summed E-state index contributed by atoms with van der Waals surface area (Å²) in [7, 11) is -3.91. The van der Waals surface area contributed by atoms with Crippen molar-refractivity contribution in [2.45, 2.75) is 16.5 Å². The second kappa shape index (κ2) is 5.55. The van der Waals surface area contributed by atoms with E-state index in [0.29, 0.717) is 29.1 Å². The summed E-state index contributed by atoms with van der Waals surface area (Å²) >= 11 is 7.43. The molecule has 0 unspecified atom stereocenters. The number of halogens is 1. The minimum absolute atomic E-state index is 0.0489. The number of nitrogens with two attached hydrogens (primary N) is 1. The molecule has 0 aliphatic heterocycles. The summed E-state index contributed by atoms with van der Waals surface area (Å²) in [4.78, 5) is 11.7. The van der Waals surface area contributed by atoms with Crippen LogP contribution in [0.15, 0.2) is 40.0 Å². The lowest BCUT2D eigenvalue weighted by Gasteiger charge is -2.05. The number of nitrogens with zero attached hydrogens (tertiary/aromatic N) is 3. The van der Waals surface area contributed by atoms with Gasteiger partial charge in [-0.2, -0.15) is 0 Å². The molecule has 0 aliphatic rings. The van der Waals surface area contributed by atoms with Crippen molar-refractivity contribution < 1.29 is 8.42 Å². The van der Waals surface area contributed by atoms with Crippen molar-refractivity contribution in [1.29, 1.82) is 0 Å². The number of rotatable bonds is 4. The number of aromatic amines is 1. The van der Waals surface area contributed by atoms with E-state index in [0.717, 1.165) is 5.39 Å². The van der Waals surface area contributed by atoms with Gasteiger partial charge in [-0.3, -0.25) is 4.40 Å². The van der Waals surface area contributed by atoms with Gasteiger partial charge in [-0.25, -0.2) is 18.4 Å². The lowest BCUT2D eigenvalue weighted by atomic mass is 10.1. The second-order valence-electron chi connectivity index (χ2n) is 5.14. The highest BCUT2D eigenvalue weighted by Gasteiger charge is 2.31. The van der Waals surface area contributed by atoms with Crippen LogP contribution in [0.4, 0.5) is 0 Å². The van der Waals surface area contributed by atoms with Crippen LogP contribution in [-0.2, 0) is 16.3 Å². The first-order valence-corrected chi connectivity index (χ1v) is 9.80. The molecule has 4 rings (SSSR count). The van der Waals surface area contributed by atoms with Crippen molar-refractivity contribution in [3.63, 3.8) is 0 Å². The van der Waals surface area contributed by atoms with Gasteiger partial charge in [0.05, 0.1) is 0 Å². The molecule has 10 heteroatoms. The molecule has 24 heavy (non-hydrogen) atoms. The molecule has 4 heterocycles. The molecule has 4 aromatic rings. The van der Waals surface area contributed by atoms with Crippen LogP contribution in [0.2, 0.25) is 5.15 Å². The molecule has 0 spiro atoms. The average molecular weight is 382 g/mol. The van der Waals surface area contributed by atoms with Crippen LogP contribution in [0.1, 0.15) is 5.56 Å². The van der Waals surface area contributed by atoms with E-state index >= 15 is 0 Å². The number of pyridine rings is 1. The van der Waals surface area contributed by atoms with Crippen LogP contribution in [0.5, 0.6) is 0 Å². The predicted octanol–water partition coefficient (Wildman–Crippen LogP) is 2.26. The number of imidazole rings is 1. The summed E-state index contributed by atoms with van der Waals surface area (Å²) in [5.41, 5.74) is 6.79. The molecule has 3 N–H and O–H groups in total. The first-order chi connectivity index (χ1) is 11.5. The SMILES string of the molecule is NCCc1c(S(=O)(=O)c2c(Cl)nc3sccn23)[nH]c2ncccc12. The topological polar surface area (TPSA) is 106 Å². The molecule has 0 aliphatic carbocycles. The van der Waals surface area contributed by atoms with Gasteiger partial charge in [0.25, 0.3) is 0 Å². The van der Waals surface area contributed by atoms with Gasteiger partial charge in [0.2, 0.25) is 9.84 Å². The highest BCUT2D eigenvalue weighted by Crippen LogP contribution is 2.33. The Balaban J connectivity index is 2.04. The standard InChI is InChI=1S/C14H12ClN5O2S2/c15-10-13(20-6-7-23-14(20)18-10)24(21,22)12-9(3-4-16)8-2-1-5-17-11(8)19-12/h1-2,5-7H,3-4,16H2,(H,17,19). The largest absolute Gasteiger partial charge is 0.330 e. The van der Waals surface area contributed by atoms with Gasteiger partial charge < -0.3 is 10.7 Å². The van der Waals surface area contributed by atoms with Crippen molar-refractivity contribution in [2.24, 2.45) is 5.73 Å². The van der Waals surface area contributed by atoms with Gasteiger partial charge in [-0.05, 0) is 25.1 Å². The molecule has 0 fully saturated rings. The maximum Gasteiger partial charge on any atom is 0.241 e. The molecule has 0 atom stereocenters. The first kappa shape index (κ1) is 15.6. The van der Waals surface area contributed by atoms with Crippen LogP contribution in [0.25, 0.3) is 16.0 Å². The monoisotopic (exact) mass is 381 g/mol. The number of aromatic nitrogens is 4. The van der Waals surface area contributed by atoms with E-state index in [9.17, 15) is 8.42 Å². The molecule has 4 aromatic heterocycles. The number of sulfone groups is 1. The number of fused-ring (bicyclic) bond motifs is 2. The van der Waals surface area contributed by atoms with E-state index in [1.807, 2.05) is 6.07 Å². The summed E-state index contributed by atoms with van der Waals surface area (Å²) in [6.45, 7) is 0.318. The van der Waals surface area contributed by atoms with Gasteiger partial charge in [0.15, 0.2) is 15.1 Å². The third kappa shape index (κ3) is 2.16. The van der Waals surface area contributed by atoms with E-state index in [-0.39, 0.29) is 15.2 Å². The van der Waals surface area contributed by atoms with E-state index in [1.165, 1.54) is 15.7 Å². The second-order valence-corrected chi connectivity index (χ2v) is 8.17. The average Bonchev–Trinajstić information content (AvgIpc) is 3.20. The Bertz CT molecular complexity index is 1160. The Labute approximate surface area is 146 Å². The lowest BCUT2D eigenvalue weighted by molar-refractivity contribution is 0.587. The van der Waals surface area contributed by atoms with Crippen LogP contribution >= 0.6 is 22.9 Å². The molecular formula is C14H12ClN5O2S2. The minimum atomic E-state index is -3.91. The molecule has 0 saturated heterocycles. The van der Waals surface area contributed by atoms with Crippen molar-refractivity contribution in [3.8, 4) is 0 Å². The fraction of sp³-hybridized carbons (Fsp3) is 0.143. The summed E-state index contributed by atoms with van der Waals surface area (Å²) in [6.07, 6.45) is 3.64. The molecular weight excluding hydrogens is 370 g/mol. The van der Waals surface area contributed by atoms with Crippen LogP contribution in [-0.4, -0.2) is 34.3 Å². The number of hydrogen-bond acceptors (Lipinski definition) is 6. The molecule has 0 radical (unpaired) electrons. The maximum atomic E-state index is 13.3.